The number of hydrogen-bond donors (Lipinski definition) is 1. The van der Waals surface area contributed by atoms with E-state index in [4.69, 9.17) is 0 Å². The summed E-state index contributed by atoms with van der Waals surface area (Å²) in [5.41, 5.74) is 1.56. The average molecular weight is 374 g/mol. The van der Waals surface area contributed by atoms with Crippen LogP contribution in [0.5, 0.6) is 0 Å². The van der Waals surface area contributed by atoms with E-state index in [0.717, 1.165) is 15.6 Å². The third-order valence-corrected chi connectivity index (χ3v) is 5.00. The Bertz CT molecular complexity index is 824. The molecule has 9 nitrogen and oxygen atoms in total. The summed E-state index contributed by atoms with van der Waals surface area (Å²) in [6.45, 7) is 0.400. The first-order chi connectivity index (χ1) is 12.5. The van der Waals surface area contributed by atoms with Crippen molar-refractivity contribution in [2.45, 2.75) is 18.9 Å². The van der Waals surface area contributed by atoms with Crippen LogP contribution in [0.2, 0.25) is 0 Å². The SMILES string of the molecule is CN1C(=O)[C@H](CC(=O)NCCc2csc(-c3cnccn3)n2)N(C)C1=O. The Morgan fingerprint density at radius 2 is 2.12 bits per heavy atom. The van der Waals surface area contributed by atoms with Crippen molar-refractivity contribution in [3.8, 4) is 10.7 Å². The number of carbonyl (C=O) groups is 3. The Labute approximate surface area is 154 Å². The number of aromatic nitrogens is 3. The molecular formula is C16H18N6O3S. The highest BCUT2D eigenvalue weighted by atomic mass is 32.1. The van der Waals surface area contributed by atoms with Gasteiger partial charge in [-0.2, -0.15) is 0 Å². The summed E-state index contributed by atoms with van der Waals surface area (Å²) in [6.07, 6.45) is 5.38. The summed E-state index contributed by atoms with van der Waals surface area (Å²) < 4.78 is 0. The second kappa shape index (κ2) is 7.56. The van der Waals surface area contributed by atoms with Crippen LogP contribution in [0.15, 0.2) is 24.0 Å². The van der Waals surface area contributed by atoms with Crippen LogP contribution in [0.25, 0.3) is 10.7 Å². The Kier molecular flexibility index (Phi) is 5.21. The molecule has 1 saturated heterocycles. The maximum Gasteiger partial charge on any atom is 0.326 e. The largest absolute Gasteiger partial charge is 0.356 e. The molecule has 0 spiro atoms. The fraction of sp³-hybridized carbons (Fsp3) is 0.375. The molecule has 1 fully saturated rings. The number of thiazole rings is 1. The van der Waals surface area contributed by atoms with E-state index < -0.39 is 12.1 Å². The predicted octanol–water partition coefficient (Wildman–Crippen LogP) is 0.541. The molecule has 0 aromatic carbocycles. The number of nitrogens with one attached hydrogen (secondary N) is 1. The molecule has 26 heavy (non-hydrogen) atoms. The second-order valence-electron chi connectivity index (χ2n) is 5.85. The molecule has 2 aromatic rings. The lowest BCUT2D eigenvalue weighted by atomic mass is 10.2. The highest BCUT2D eigenvalue weighted by molar-refractivity contribution is 7.13. The molecular weight excluding hydrogens is 356 g/mol. The first kappa shape index (κ1) is 17.9. The van der Waals surface area contributed by atoms with Crippen LogP contribution >= 0.6 is 11.3 Å². The van der Waals surface area contributed by atoms with Gasteiger partial charge in [0.2, 0.25) is 5.91 Å². The molecule has 2 aromatic heterocycles. The van der Waals surface area contributed by atoms with Crippen LogP contribution in [0, 0.1) is 0 Å². The maximum absolute atomic E-state index is 12.1. The van der Waals surface area contributed by atoms with E-state index in [2.05, 4.69) is 20.3 Å². The smallest absolute Gasteiger partial charge is 0.326 e. The van der Waals surface area contributed by atoms with E-state index in [1.54, 1.807) is 18.6 Å². The fourth-order valence-electron chi connectivity index (χ4n) is 2.60. The van der Waals surface area contributed by atoms with Crippen LogP contribution in [-0.2, 0) is 16.0 Å². The summed E-state index contributed by atoms with van der Waals surface area (Å²) in [4.78, 5) is 50.7. The Hall–Kier alpha value is -2.88. The molecule has 1 aliphatic heterocycles. The van der Waals surface area contributed by atoms with Gasteiger partial charge in [-0.15, -0.1) is 11.3 Å². The van der Waals surface area contributed by atoms with Crippen molar-refractivity contribution in [2.24, 2.45) is 0 Å². The first-order valence-electron chi connectivity index (χ1n) is 7.99. The van der Waals surface area contributed by atoms with Crippen LogP contribution in [-0.4, -0.2) is 69.3 Å². The third-order valence-electron chi connectivity index (χ3n) is 4.09. The average Bonchev–Trinajstić information content (AvgIpc) is 3.19. The van der Waals surface area contributed by atoms with Crippen molar-refractivity contribution >= 4 is 29.2 Å². The molecule has 1 N–H and O–H groups in total. The quantitative estimate of drug-likeness (QED) is 0.740. The summed E-state index contributed by atoms with van der Waals surface area (Å²) in [5, 5.41) is 5.46. The minimum absolute atomic E-state index is 0.0483. The zero-order chi connectivity index (χ0) is 18.7. The molecule has 0 aliphatic carbocycles. The lowest BCUT2D eigenvalue weighted by Gasteiger charge is -2.15. The number of likely N-dealkylation sites (N-methyl/N-ethyl adjacent to an activating group) is 2. The van der Waals surface area contributed by atoms with E-state index in [9.17, 15) is 14.4 Å². The van der Waals surface area contributed by atoms with Gasteiger partial charge in [0, 0.05) is 44.8 Å². The van der Waals surface area contributed by atoms with Crippen LogP contribution in [0.4, 0.5) is 4.79 Å². The minimum atomic E-state index is -0.741. The van der Waals surface area contributed by atoms with Gasteiger partial charge >= 0.3 is 6.03 Å². The maximum atomic E-state index is 12.1. The summed E-state index contributed by atoms with van der Waals surface area (Å²) in [7, 11) is 2.93. The first-order valence-corrected chi connectivity index (χ1v) is 8.87. The third kappa shape index (κ3) is 3.69. The summed E-state index contributed by atoms with van der Waals surface area (Å²) in [6, 6.07) is -1.14. The molecule has 136 valence electrons. The lowest BCUT2D eigenvalue weighted by Crippen LogP contribution is -2.37. The molecule has 3 heterocycles. The zero-order valence-corrected chi connectivity index (χ0v) is 15.2. The lowest BCUT2D eigenvalue weighted by molar-refractivity contribution is -0.131. The van der Waals surface area contributed by atoms with Gasteiger partial charge in [-0.1, -0.05) is 0 Å². The van der Waals surface area contributed by atoms with Gasteiger partial charge in [-0.3, -0.25) is 24.5 Å². The fourth-order valence-corrected chi connectivity index (χ4v) is 3.42. The molecule has 1 aliphatic rings. The minimum Gasteiger partial charge on any atom is -0.356 e. The van der Waals surface area contributed by atoms with Crippen LogP contribution < -0.4 is 5.32 Å². The number of imide groups is 1. The van der Waals surface area contributed by atoms with Gasteiger partial charge < -0.3 is 10.2 Å². The highest BCUT2D eigenvalue weighted by Gasteiger charge is 2.41. The molecule has 4 amide bonds. The van der Waals surface area contributed by atoms with Gasteiger partial charge in [0.15, 0.2) is 0 Å². The molecule has 0 unspecified atom stereocenters. The number of nitrogens with zero attached hydrogens (tertiary/aromatic N) is 5. The highest BCUT2D eigenvalue weighted by Crippen LogP contribution is 2.21. The Morgan fingerprint density at radius 1 is 1.31 bits per heavy atom. The zero-order valence-electron chi connectivity index (χ0n) is 14.4. The number of urea groups is 1. The predicted molar refractivity (Wildman–Crippen MR) is 94.2 cm³/mol. The van der Waals surface area contributed by atoms with Gasteiger partial charge in [0.05, 0.1) is 18.3 Å². The van der Waals surface area contributed by atoms with Crippen LogP contribution in [0.1, 0.15) is 12.1 Å². The molecule has 10 heteroatoms. The van der Waals surface area contributed by atoms with Gasteiger partial charge in [-0.05, 0) is 0 Å². The molecule has 1 atom stereocenters. The number of hydrogen-bond acceptors (Lipinski definition) is 7. The molecule has 0 saturated carbocycles. The van der Waals surface area contributed by atoms with E-state index in [-0.39, 0.29) is 18.2 Å². The van der Waals surface area contributed by atoms with Gasteiger partial charge in [-0.25, -0.2) is 9.78 Å². The Morgan fingerprint density at radius 3 is 2.77 bits per heavy atom. The monoisotopic (exact) mass is 374 g/mol. The van der Waals surface area contributed by atoms with Crippen molar-refractivity contribution in [1.82, 2.24) is 30.1 Å². The normalized spacial score (nSPS) is 17.1. The molecule has 0 bridgehead atoms. The number of amides is 4. The van der Waals surface area contributed by atoms with Crippen molar-refractivity contribution in [3.63, 3.8) is 0 Å². The van der Waals surface area contributed by atoms with Gasteiger partial charge in [0.1, 0.15) is 16.7 Å². The van der Waals surface area contributed by atoms with E-state index in [0.29, 0.717) is 18.7 Å². The van der Waals surface area contributed by atoms with Crippen molar-refractivity contribution < 1.29 is 14.4 Å². The van der Waals surface area contributed by atoms with E-state index in [1.807, 2.05) is 5.38 Å². The van der Waals surface area contributed by atoms with Crippen LogP contribution in [0.3, 0.4) is 0 Å². The summed E-state index contributed by atoms with van der Waals surface area (Å²) >= 11 is 1.47. The van der Waals surface area contributed by atoms with Crippen molar-refractivity contribution in [2.75, 3.05) is 20.6 Å². The van der Waals surface area contributed by atoms with Crippen molar-refractivity contribution in [3.05, 3.63) is 29.7 Å². The number of carbonyl (C=O) groups excluding carboxylic acids is 3. The summed E-state index contributed by atoms with van der Waals surface area (Å²) in [5.74, 6) is -0.636. The van der Waals surface area contributed by atoms with Crippen molar-refractivity contribution in [1.29, 1.82) is 0 Å². The standard InChI is InChI=1S/C16H18N6O3S/c1-21-12(15(24)22(2)16(21)25)7-13(23)19-4-3-10-9-26-14(20-10)11-8-17-5-6-18-11/h5-6,8-9,12H,3-4,7H2,1-2H3,(H,19,23)/t12-/m0/s1. The molecule has 0 radical (unpaired) electrons. The van der Waals surface area contributed by atoms with E-state index in [1.165, 1.54) is 30.3 Å². The number of rotatable bonds is 6. The second-order valence-corrected chi connectivity index (χ2v) is 6.70. The Balaban J connectivity index is 1.48. The topological polar surface area (TPSA) is 108 Å². The van der Waals surface area contributed by atoms with Gasteiger partial charge in [0.25, 0.3) is 5.91 Å². The molecule has 3 rings (SSSR count). The van der Waals surface area contributed by atoms with E-state index >= 15 is 0 Å².